The predicted molar refractivity (Wildman–Crippen MR) is 125 cm³/mol. The Hall–Kier alpha value is -2.26. The van der Waals surface area contributed by atoms with E-state index in [1.54, 1.807) is 12.1 Å². The van der Waals surface area contributed by atoms with Crippen molar-refractivity contribution in [1.29, 1.82) is 0 Å². The van der Waals surface area contributed by atoms with Crippen molar-refractivity contribution < 1.29 is 13.0 Å². The molecule has 164 valence electrons. The number of nitrogens with zero attached hydrogens (tertiary/aromatic N) is 3. The molecule has 0 saturated carbocycles. The number of aryl methyl sites for hydroxylation is 1. The van der Waals surface area contributed by atoms with Gasteiger partial charge in [0.15, 0.2) is 5.13 Å². The Bertz CT molecular complexity index is 1100. The van der Waals surface area contributed by atoms with Crippen LogP contribution in [0.4, 0.5) is 5.13 Å². The number of thiazole rings is 1. The molecule has 2 aliphatic rings. The van der Waals surface area contributed by atoms with Gasteiger partial charge in [0.2, 0.25) is 0 Å². The van der Waals surface area contributed by atoms with Gasteiger partial charge in [-0.05, 0) is 43.5 Å². The molecule has 2 unspecified atom stereocenters. The largest absolute Gasteiger partial charge is 0.347 e. The molecular weight excluding hydrogens is 430 g/mol. The fourth-order valence-electron chi connectivity index (χ4n) is 4.24. The summed E-state index contributed by atoms with van der Waals surface area (Å²) in [4.78, 5) is 10.8. The minimum absolute atomic E-state index is 0.0666. The average Bonchev–Trinajstić information content (AvgIpc) is 3.43. The van der Waals surface area contributed by atoms with Crippen LogP contribution in [0.2, 0.25) is 0 Å². The van der Waals surface area contributed by atoms with Crippen LogP contribution in [0.1, 0.15) is 5.56 Å². The van der Waals surface area contributed by atoms with Crippen molar-refractivity contribution in [1.82, 2.24) is 9.88 Å². The number of likely N-dealkylation sites (tertiary alicyclic amines) is 1. The predicted octanol–water partition coefficient (Wildman–Crippen LogP) is 4.05. The van der Waals surface area contributed by atoms with E-state index in [0.29, 0.717) is 0 Å². The van der Waals surface area contributed by atoms with Crippen molar-refractivity contribution in [2.24, 2.45) is 11.8 Å². The summed E-state index contributed by atoms with van der Waals surface area (Å²) >= 11 is 1.82. The van der Waals surface area contributed by atoms with E-state index < -0.39 is 10.1 Å². The second kappa shape index (κ2) is 9.08. The summed E-state index contributed by atoms with van der Waals surface area (Å²) < 4.78 is 29.6. The van der Waals surface area contributed by atoms with Crippen LogP contribution in [-0.4, -0.2) is 56.1 Å². The van der Waals surface area contributed by atoms with Crippen molar-refractivity contribution in [2.75, 3.05) is 38.1 Å². The highest BCUT2D eigenvalue weighted by atomic mass is 32.2. The lowest BCUT2D eigenvalue weighted by molar-refractivity contribution is 0.387. The molecule has 31 heavy (non-hydrogen) atoms. The van der Waals surface area contributed by atoms with Gasteiger partial charge in [-0.15, -0.1) is 0 Å². The molecule has 3 aromatic rings. The summed E-state index contributed by atoms with van der Waals surface area (Å²) in [5, 5.41) is 1.20. The van der Waals surface area contributed by atoms with Crippen LogP contribution < -0.4 is 4.90 Å². The highest BCUT2D eigenvalue weighted by molar-refractivity contribution is 7.85. The average molecular weight is 458 g/mol. The van der Waals surface area contributed by atoms with Crippen LogP contribution in [0.3, 0.4) is 0 Å². The van der Waals surface area contributed by atoms with Gasteiger partial charge in [-0.25, -0.2) is 4.98 Å². The first-order chi connectivity index (χ1) is 14.8. The van der Waals surface area contributed by atoms with Crippen LogP contribution in [0.15, 0.2) is 65.7 Å². The third kappa shape index (κ3) is 5.33. The highest BCUT2D eigenvalue weighted by Gasteiger charge is 2.39. The zero-order valence-corrected chi connectivity index (χ0v) is 19.3. The zero-order chi connectivity index (χ0) is 22.0. The van der Waals surface area contributed by atoms with Crippen molar-refractivity contribution in [3.05, 3.63) is 66.4 Å². The lowest BCUT2D eigenvalue weighted by Crippen LogP contribution is -2.26. The Morgan fingerprint density at radius 1 is 0.968 bits per heavy atom. The normalized spacial score (nSPS) is 20.9. The lowest BCUT2D eigenvalue weighted by atomic mass is 10.0. The van der Waals surface area contributed by atoms with Gasteiger partial charge < -0.3 is 9.80 Å². The molecular formula is C23H27N3O3S2. The molecule has 2 aromatic carbocycles. The van der Waals surface area contributed by atoms with Crippen molar-refractivity contribution in [2.45, 2.75) is 11.8 Å². The summed E-state index contributed by atoms with van der Waals surface area (Å²) in [6.07, 6.45) is 2.02. The molecule has 5 rings (SSSR count). The first-order valence-electron chi connectivity index (χ1n) is 10.3. The smallest absolute Gasteiger partial charge is 0.294 e. The molecule has 0 bridgehead atoms. The maximum Gasteiger partial charge on any atom is 0.294 e. The molecule has 1 aromatic heterocycles. The summed E-state index contributed by atoms with van der Waals surface area (Å²) in [7, 11) is -1.78. The van der Waals surface area contributed by atoms with Crippen LogP contribution in [0.25, 0.3) is 10.4 Å². The van der Waals surface area contributed by atoms with Gasteiger partial charge in [0, 0.05) is 32.4 Å². The van der Waals surface area contributed by atoms with Crippen LogP contribution in [0, 0.1) is 18.8 Å². The Morgan fingerprint density at radius 2 is 1.58 bits per heavy atom. The summed E-state index contributed by atoms with van der Waals surface area (Å²) in [6.45, 7) is 6.69. The monoisotopic (exact) mass is 457 g/mol. The van der Waals surface area contributed by atoms with Crippen LogP contribution >= 0.6 is 11.3 Å². The number of anilines is 1. The number of fused-ring (bicyclic) bond motifs is 1. The topological polar surface area (TPSA) is 73.7 Å². The van der Waals surface area contributed by atoms with Crippen LogP contribution in [0.5, 0.6) is 0 Å². The van der Waals surface area contributed by atoms with E-state index in [1.807, 2.05) is 24.5 Å². The second-order valence-corrected chi connectivity index (χ2v) is 10.7. The van der Waals surface area contributed by atoms with E-state index in [0.717, 1.165) is 17.4 Å². The maximum absolute atomic E-state index is 10.5. The Kier molecular flexibility index (Phi) is 6.43. The molecule has 1 N–H and O–H groups in total. The summed E-state index contributed by atoms with van der Waals surface area (Å²) in [5.41, 5.74) is 2.23. The molecule has 0 aliphatic carbocycles. The van der Waals surface area contributed by atoms with Crippen molar-refractivity contribution >= 4 is 26.6 Å². The third-order valence-corrected chi connectivity index (χ3v) is 7.79. The number of rotatable bonds is 3. The number of benzene rings is 2. The number of hydrogen-bond donors (Lipinski definition) is 1. The molecule has 2 aliphatic heterocycles. The molecule has 0 amide bonds. The first kappa shape index (κ1) is 22.0. The second-order valence-electron chi connectivity index (χ2n) is 8.31. The maximum atomic E-state index is 10.5. The summed E-state index contributed by atoms with van der Waals surface area (Å²) in [5.74, 6) is 1.67. The quantitative estimate of drug-likeness (QED) is 0.598. The zero-order valence-electron chi connectivity index (χ0n) is 17.7. The van der Waals surface area contributed by atoms with E-state index in [-0.39, 0.29) is 4.90 Å². The number of aromatic nitrogens is 1. The molecule has 0 spiro atoms. The van der Waals surface area contributed by atoms with E-state index >= 15 is 0 Å². The molecule has 8 heteroatoms. The van der Waals surface area contributed by atoms with Crippen molar-refractivity contribution in [3.8, 4) is 10.4 Å². The molecule has 2 atom stereocenters. The Balaban J connectivity index is 0.000000180. The fourth-order valence-corrected chi connectivity index (χ4v) is 5.66. The molecule has 3 heterocycles. The van der Waals surface area contributed by atoms with Gasteiger partial charge in [0.05, 0.1) is 9.77 Å². The highest BCUT2D eigenvalue weighted by Crippen LogP contribution is 2.37. The minimum atomic E-state index is -4.02. The van der Waals surface area contributed by atoms with Gasteiger partial charge in [0.1, 0.15) is 0 Å². The lowest BCUT2D eigenvalue weighted by Gasteiger charge is -2.18. The Morgan fingerprint density at radius 3 is 2.16 bits per heavy atom. The fraction of sp³-hybridized carbons (Fsp3) is 0.348. The van der Waals surface area contributed by atoms with Crippen LogP contribution in [-0.2, 0) is 10.1 Å². The van der Waals surface area contributed by atoms with Gasteiger partial charge >= 0.3 is 0 Å². The molecule has 2 saturated heterocycles. The summed E-state index contributed by atoms with van der Waals surface area (Å²) in [6, 6.07) is 16.5. The molecule has 0 radical (unpaired) electrons. The Labute approximate surface area is 187 Å². The first-order valence-corrected chi connectivity index (χ1v) is 12.5. The van der Waals surface area contributed by atoms with E-state index in [4.69, 9.17) is 4.55 Å². The van der Waals surface area contributed by atoms with Gasteiger partial charge in [0.25, 0.3) is 10.1 Å². The standard InChI is InChI=1S/C16H19N3S.C7H8O3S/c1-18-8-13-10-19(11-14(13)9-18)16-17-7-15(20-16)12-5-3-2-4-6-12;1-6-2-4-7(5-3-6)11(8,9)10/h2-7,13-14H,8-11H2,1H3;2-5H,1H3,(H,8,9,10). The molecule has 2 fully saturated rings. The van der Waals surface area contributed by atoms with E-state index in [2.05, 4.69) is 52.2 Å². The van der Waals surface area contributed by atoms with Crippen molar-refractivity contribution in [3.63, 3.8) is 0 Å². The third-order valence-electron chi connectivity index (χ3n) is 5.81. The minimum Gasteiger partial charge on any atom is -0.347 e. The molecule has 6 nitrogen and oxygen atoms in total. The van der Waals surface area contributed by atoms with E-state index in [1.165, 1.54) is 53.9 Å². The van der Waals surface area contributed by atoms with Gasteiger partial charge in [-0.2, -0.15) is 8.42 Å². The van der Waals surface area contributed by atoms with E-state index in [9.17, 15) is 8.42 Å². The number of hydrogen-bond acceptors (Lipinski definition) is 6. The van der Waals surface area contributed by atoms with Gasteiger partial charge in [-0.1, -0.05) is 59.4 Å². The van der Waals surface area contributed by atoms with Gasteiger partial charge in [-0.3, -0.25) is 4.55 Å². The SMILES string of the molecule is CN1CC2CN(c3ncc(-c4ccccc4)s3)CC2C1.Cc1ccc(S(=O)(=O)O)cc1.